The number of carbonyl (C=O) groups is 2. The van der Waals surface area contributed by atoms with E-state index in [1.54, 1.807) is 13.8 Å². The highest BCUT2D eigenvalue weighted by atomic mass is 16.5. The molecule has 0 amide bonds. The molecule has 0 unspecified atom stereocenters. The van der Waals surface area contributed by atoms with Crippen molar-refractivity contribution >= 4 is 11.9 Å². The summed E-state index contributed by atoms with van der Waals surface area (Å²) in [6.07, 6.45) is 0.0819. The molecule has 0 spiro atoms. The van der Waals surface area contributed by atoms with Crippen molar-refractivity contribution in [2.24, 2.45) is 5.41 Å². The Bertz CT molecular complexity index is 253. The molecule has 0 atom stereocenters. The van der Waals surface area contributed by atoms with E-state index in [0.29, 0.717) is 13.2 Å². The van der Waals surface area contributed by atoms with Gasteiger partial charge in [-0.1, -0.05) is 0 Å². The maximum Gasteiger partial charge on any atom is 0.323 e. The van der Waals surface area contributed by atoms with Crippen molar-refractivity contribution in [2.45, 2.75) is 32.8 Å². The van der Waals surface area contributed by atoms with Crippen LogP contribution in [0, 0.1) is 5.41 Å². The first-order valence-corrected chi connectivity index (χ1v) is 5.01. The fourth-order valence-electron chi connectivity index (χ4n) is 1.55. The lowest BCUT2D eigenvalue weighted by Crippen LogP contribution is -2.45. The molecule has 1 N–H and O–H groups in total. The van der Waals surface area contributed by atoms with Gasteiger partial charge < -0.3 is 14.6 Å². The molecule has 1 aliphatic rings. The molecule has 1 saturated heterocycles. The molecular weight excluding hydrogens is 200 g/mol. The van der Waals surface area contributed by atoms with Crippen molar-refractivity contribution in [3.63, 3.8) is 0 Å². The van der Waals surface area contributed by atoms with Crippen LogP contribution in [-0.4, -0.2) is 36.4 Å². The van der Waals surface area contributed by atoms with E-state index < -0.39 is 17.4 Å². The first kappa shape index (κ1) is 12.0. The van der Waals surface area contributed by atoms with Gasteiger partial charge in [0.25, 0.3) is 0 Å². The van der Waals surface area contributed by atoms with Crippen LogP contribution in [0.1, 0.15) is 26.7 Å². The first-order valence-electron chi connectivity index (χ1n) is 5.01. The molecule has 1 rings (SSSR count). The molecule has 15 heavy (non-hydrogen) atoms. The van der Waals surface area contributed by atoms with Gasteiger partial charge in [-0.2, -0.15) is 0 Å². The summed E-state index contributed by atoms with van der Waals surface area (Å²) in [6.45, 7) is 3.98. The summed E-state index contributed by atoms with van der Waals surface area (Å²) in [5, 5.41) is 9.12. The summed E-state index contributed by atoms with van der Waals surface area (Å²) in [7, 11) is 0. The van der Waals surface area contributed by atoms with Crippen LogP contribution in [0.4, 0.5) is 0 Å². The van der Waals surface area contributed by atoms with Crippen molar-refractivity contribution in [3.05, 3.63) is 0 Å². The minimum Gasteiger partial charge on any atom is -0.480 e. The van der Waals surface area contributed by atoms with Crippen molar-refractivity contribution in [1.82, 2.24) is 0 Å². The van der Waals surface area contributed by atoms with E-state index in [0.717, 1.165) is 0 Å². The van der Waals surface area contributed by atoms with Crippen molar-refractivity contribution in [1.29, 1.82) is 0 Å². The van der Waals surface area contributed by atoms with Crippen LogP contribution in [0.2, 0.25) is 0 Å². The zero-order valence-electron chi connectivity index (χ0n) is 8.99. The van der Waals surface area contributed by atoms with Crippen LogP contribution in [0.15, 0.2) is 0 Å². The summed E-state index contributed by atoms with van der Waals surface area (Å²) in [4.78, 5) is 22.9. The summed E-state index contributed by atoms with van der Waals surface area (Å²) in [5.74, 6) is -1.76. The van der Waals surface area contributed by atoms with Crippen LogP contribution >= 0.6 is 0 Å². The molecule has 0 aromatic rings. The predicted molar refractivity (Wildman–Crippen MR) is 51.3 cm³/mol. The third-order valence-electron chi connectivity index (χ3n) is 2.49. The van der Waals surface area contributed by atoms with Gasteiger partial charge >= 0.3 is 11.9 Å². The SMILES string of the molecule is CC(C)OC(=O)C1(C(=O)O)CCOCC1. The number of hydrogen-bond donors (Lipinski definition) is 1. The van der Waals surface area contributed by atoms with Gasteiger partial charge in [0.1, 0.15) is 0 Å². The van der Waals surface area contributed by atoms with Gasteiger partial charge in [-0.05, 0) is 26.7 Å². The fourth-order valence-corrected chi connectivity index (χ4v) is 1.55. The molecule has 1 heterocycles. The van der Waals surface area contributed by atoms with Gasteiger partial charge in [-0.25, -0.2) is 0 Å². The second-order valence-electron chi connectivity index (χ2n) is 3.95. The van der Waals surface area contributed by atoms with Crippen LogP contribution in [0.25, 0.3) is 0 Å². The molecule has 0 saturated carbocycles. The largest absolute Gasteiger partial charge is 0.480 e. The first-order chi connectivity index (χ1) is 6.99. The zero-order valence-corrected chi connectivity index (χ0v) is 8.99. The maximum atomic E-state index is 11.7. The minimum atomic E-state index is -1.40. The van der Waals surface area contributed by atoms with E-state index in [9.17, 15) is 9.59 Å². The van der Waals surface area contributed by atoms with E-state index in [2.05, 4.69) is 0 Å². The molecule has 0 aliphatic carbocycles. The average molecular weight is 216 g/mol. The Morgan fingerprint density at radius 1 is 1.33 bits per heavy atom. The molecule has 0 radical (unpaired) electrons. The molecule has 0 aromatic heterocycles. The molecule has 5 heteroatoms. The molecular formula is C10H16O5. The fraction of sp³-hybridized carbons (Fsp3) is 0.800. The molecule has 1 fully saturated rings. The van der Waals surface area contributed by atoms with E-state index >= 15 is 0 Å². The molecule has 0 aromatic carbocycles. The Labute approximate surface area is 88.4 Å². The molecule has 1 aliphatic heterocycles. The quantitative estimate of drug-likeness (QED) is 0.558. The summed E-state index contributed by atoms with van der Waals surface area (Å²) in [5.41, 5.74) is -1.40. The number of carboxylic acids is 1. The molecule has 0 bridgehead atoms. The van der Waals surface area contributed by atoms with Gasteiger partial charge in [0.2, 0.25) is 0 Å². The van der Waals surface area contributed by atoms with Crippen molar-refractivity contribution in [3.8, 4) is 0 Å². The van der Waals surface area contributed by atoms with Gasteiger partial charge in [0.05, 0.1) is 6.10 Å². The van der Waals surface area contributed by atoms with Crippen molar-refractivity contribution in [2.75, 3.05) is 13.2 Å². The number of rotatable bonds is 3. The van der Waals surface area contributed by atoms with Gasteiger partial charge in [-0.3, -0.25) is 9.59 Å². The topological polar surface area (TPSA) is 72.8 Å². The zero-order chi connectivity index (χ0) is 11.5. The maximum absolute atomic E-state index is 11.7. The summed E-state index contributed by atoms with van der Waals surface area (Å²) < 4.78 is 10.0. The highest BCUT2D eigenvalue weighted by Gasteiger charge is 2.49. The lowest BCUT2D eigenvalue weighted by Gasteiger charge is -2.31. The van der Waals surface area contributed by atoms with E-state index in [4.69, 9.17) is 14.6 Å². The second-order valence-corrected chi connectivity index (χ2v) is 3.95. The Morgan fingerprint density at radius 3 is 2.27 bits per heavy atom. The van der Waals surface area contributed by atoms with Gasteiger partial charge in [-0.15, -0.1) is 0 Å². The summed E-state index contributed by atoms with van der Waals surface area (Å²) >= 11 is 0. The molecule has 86 valence electrons. The Morgan fingerprint density at radius 2 is 1.87 bits per heavy atom. The standard InChI is InChI=1S/C10H16O5/c1-7(2)15-9(13)10(8(11)12)3-5-14-6-4-10/h7H,3-6H2,1-2H3,(H,11,12). The Hall–Kier alpha value is -1.10. The average Bonchev–Trinajstić information content (AvgIpc) is 2.17. The minimum absolute atomic E-state index is 0.188. The number of carboxylic acid groups (broad SMARTS) is 1. The van der Waals surface area contributed by atoms with Crippen LogP contribution in [0.5, 0.6) is 0 Å². The third kappa shape index (κ3) is 2.47. The second kappa shape index (κ2) is 4.61. The normalized spacial score (nSPS) is 19.9. The van der Waals surface area contributed by atoms with Crippen LogP contribution in [-0.2, 0) is 19.1 Å². The number of esters is 1. The Balaban J connectivity index is 2.80. The number of aliphatic carboxylic acids is 1. The van der Waals surface area contributed by atoms with Gasteiger partial charge in [0, 0.05) is 13.2 Å². The van der Waals surface area contributed by atoms with Gasteiger partial charge in [0.15, 0.2) is 5.41 Å². The number of ether oxygens (including phenoxy) is 2. The smallest absolute Gasteiger partial charge is 0.323 e. The van der Waals surface area contributed by atoms with Crippen LogP contribution < -0.4 is 0 Å². The molecule has 5 nitrogen and oxygen atoms in total. The number of hydrogen-bond acceptors (Lipinski definition) is 4. The highest BCUT2D eigenvalue weighted by Crippen LogP contribution is 2.32. The van der Waals surface area contributed by atoms with E-state index in [1.165, 1.54) is 0 Å². The monoisotopic (exact) mass is 216 g/mol. The highest BCUT2D eigenvalue weighted by molar-refractivity contribution is 5.99. The number of carbonyl (C=O) groups excluding carboxylic acids is 1. The van der Waals surface area contributed by atoms with E-state index in [-0.39, 0.29) is 18.9 Å². The Kier molecular flexibility index (Phi) is 3.68. The lowest BCUT2D eigenvalue weighted by atomic mass is 9.80. The van der Waals surface area contributed by atoms with Crippen LogP contribution in [0.3, 0.4) is 0 Å². The lowest BCUT2D eigenvalue weighted by molar-refractivity contribution is -0.178. The predicted octanol–water partition coefficient (Wildman–Crippen LogP) is 0.819. The summed E-state index contributed by atoms with van der Waals surface area (Å²) in [6, 6.07) is 0. The van der Waals surface area contributed by atoms with Crippen molar-refractivity contribution < 1.29 is 24.2 Å². The van der Waals surface area contributed by atoms with E-state index in [1.807, 2.05) is 0 Å². The third-order valence-corrected chi connectivity index (χ3v) is 2.49.